The van der Waals surface area contributed by atoms with Crippen LogP contribution in [0.2, 0.25) is 0 Å². The van der Waals surface area contributed by atoms with Gasteiger partial charge in [-0.3, -0.25) is 4.79 Å². The molecule has 0 radical (unpaired) electrons. The average molecular weight is 301 g/mol. The van der Waals surface area contributed by atoms with Crippen molar-refractivity contribution >= 4 is 16.9 Å². The summed E-state index contributed by atoms with van der Waals surface area (Å²) in [7, 11) is 0. The average Bonchev–Trinajstić information content (AvgIpc) is 2.93. The summed E-state index contributed by atoms with van der Waals surface area (Å²) in [5.41, 5.74) is 1.52. The van der Waals surface area contributed by atoms with Crippen LogP contribution in [0.5, 0.6) is 0 Å². The number of hydrogen-bond donors (Lipinski definition) is 3. The summed E-state index contributed by atoms with van der Waals surface area (Å²) in [6.07, 6.45) is 9.58. The topological polar surface area (TPSA) is 77.8 Å². The summed E-state index contributed by atoms with van der Waals surface area (Å²) in [6, 6.07) is 5.59. The molecule has 0 saturated heterocycles. The number of aromatic amines is 2. The van der Waals surface area contributed by atoms with Crippen molar-refractivity contribution in [1.82, 2.24) is 15.3 Å². The second-order valence-corrected chi connectivity index (χ2v) is 6.18. The number of fused-ring (bicyclic) bond motifs is 1. The Balaban J connectivity index is 1.75. The van der Waals surface area contributed by atoms with Gasteiger partial charge in [0.1, 0.15) is 0 Å². The molecule has 0 atom stereocenters. The van der Waals surface area contributed by atoms with Crippen LogP contribution in [-0.4, -0.2) is 21.9 Å². The summed E-state index contributed by atoms with van der Waals surface area (Å²) in [5, 5.41) is 3.16. The molecule has 1 saturated carbocycles. The van der Waals surface area contributed by atoms with E-state index in [1.165, 1.54) is 38.5 Å². The zero-order valence-corrected chi connectivity index (χ0v) is 12.8. The highest BCUT2D eigenvalue weighted by Crippen LogP contribution is 2.18. The molecule has 1 amide bonds. The maximum Gasteiger partial charge on any atom is 0.323 e. The first-order valence-corrected chi connectivity index (χ1v) is 8.26. The SMILES string of the molecule is O=C(NC1CCCCCCCC1)c1cccc2[nH]c(=O)[nH]c12. The molecule has 0 spiro atoms. The number of amides is 1. The van der Waals surface area contributed by atoms with E-state index < -0.39 is 0 Å². The number of H-pyrrole nitrogens is 2. The summed E-state index contributed by atoms with van der Waals surface area (Å²) in [6.45, 7) is 0. The van der Waals surface area contributed by atoms with Crippen LogP contribution < -0.4 is 11.0 Å². The number of imidazole rings is 1. The Hall–Kier alpha value is -2.04. The van der Waals surface area contributed by atoms with E-state index in [1.54, 1.807) is 18.2 Å². The predicted molar refractivity (Wildman–Crippen MR) is 87.1 cm³/mol. The van der Waals surface area contributed by atoms with Crippen molar-refractivity contribution in [3.63, 3.8) is 0 Å². The number of benzene rings is 1. The molecule has 3 rings (SSSR count). The molecular formula is C17H23N3O2. The Bertz CT molecular complexity index is 691. The third kappa shape index (κ3) is 3.40. The van der Waals surface area contributed by atoms with Gasteiger partial charge in [0.2, 0.25) is 0 Å². The first-order valence-electron chi connectivity index (χ1n) is 8.26. The third-order valence-electron chi connectivity index (χ3n) is 4.49. The van der Waals surface area contributed by atoms with Crippen molar-refractivity contribution in [1.29, 1.82) is 0 Å². The maximum atomic E-state index is 12.6. The van der Waals surface area contributed by atoms with Gasteiger partial charge in [0.15, 0.2) is 0 Å². The van der Waals surface area contributed by atoms with Crippen LogP contribution >= 0.6 is 0 Å². The Morgan fingerprint density at radius 2 is 1.68 bits per heavy atom. The van der Waals surface area contributed by atoms with E-state index in [0.29, 0.717) is 16.6 Å². The van der Waals surface area contributed by atoms with Gasteiger partial charge < -0.3 is 15.3 Å². The summed E-state index contributed by atoms with van der Waals surface area (Å²) >= 11 is 0. The molecule has 0 bridgehead atoms. The number of para-hydroxylation sites is 1. The minimum absolute atomic E-state index is 0.0925. The number of aromatic nitrogens is 2. The van der Waals surface area contributed by atoms with Gasteiger partial charge in [-0.25, -0.2) is 4.79 Å². The van der Waals surface area contributed by atoms with E-state index >= 15 is 0 Å². The Labute approximate surface area is 129 Å². The van der Waals surface area contributed by atoms with Crippen LogP contribution in [0.1, 0.15) is 61.7 Å². The molecular weight excluding hydrogens is 278 g/mol. The fourth-order valence-corrected chi connectivity index (χ4v) is 3.29. The Morgan fingerprint density at radius 3 is 2.41 bits per heavy atom. The van der Waals surface area contributed by atoms with Crippen molar-refractivity contribution in [3.05, 3.63) is 34.2 Å². The van der Waals surface area contributed by atoms with E-state index in [2.05, 4.69) is 15.3 Å². The molecule has 1 aromatic carbocycles. The fraction of sp³-hybridized carbons (Fsp3) is 0.529. The molecule has 1 aliphatic carbocycles. The third-order valence-corrected chi connectivity index (χ3v) is 4.49. The molecule has 0 aliphatic heterocycles. The lowest BCUT2D eigenvalue weighted by Crippen LogP contribution is -2.35. The molecule has 1 aliphatic rings. The highest BCUT2D eigenvalue weighted by molar-refractivity contribution is 6.04. The van der Waals surface area contributed by atoms with Crippen molar-refractivity contribution in [2.45, 2.75) is 57.4 Å². The molecule has 1 aromatic heterocycles. The van der Waals surface area contributed by atoms with E-state index in [4.69, 9.17) is 0 Å². The van der Waals surface area contributed by atoms with Crippen LogP contribution in [0.3, 0.4) is 0 Å². The van der Waals surface area contributed by atoms with E-state index in [1.807, 2.05) is 0 Å². The van der Waals surface area contributed by atoms with Gasteiger partial charge in [-0.1, -0.05) is 44.6 Å². The molecule has 5 nitrogen and oxygen atoms in total. The van der Waals surface area contributed by atoms with E-state index in [9.17, 15) is 9.59 Å². The van der Waals surface area contributed by atoms with E-state index in [-0.39, 0.29) is 17.6 Å². The molecule has 22 heavy (non-hydrogen) atoms. The molecule has 1 heterocycles. The Morgan fingerprint density at radius 1 is 1.00 bits per heavy atom. The predicted octanol–water partition coefficient (Wildman–Crippen LogP) is 3.09. The molecule has 1 fully saturated rings. The zero-order chi connectivity index (χ0) is 15.4. The van der Waals surface area contributed by atoms with Crippen molar-refractivity contribution in [2.75, 3.05) is 0 Å². The van der Waals surface area contributed by atoms with Crippen LogP contribution in [0, 0.1) is 0 Å². The minimum Gasteiger partial charge on any atom is -0.349 e. The summed E-state index contributed by atoms with van der Waals surface area (Å²) < 4.78 is 0. The lowest BCUT2D eigenvalue weighted by molar-refractivity contribution is 0.0933. The van der Waals surface area contributed by atoms with Crippen molar-refractivity contribution in [3.8, 4) is 0 Å². The second-order valence-electron chi connectivity index (χ2n) is 6.18. The van der Waals surface area contributed by atoms with Crippen LogP contribution in [0.15, 0.2) is 23.0 Å². The second kappa shape index (κ2) is 6.81. The number of carbonyl (C=O) groups is 1. The van der Waals surface area contributed by atoms with Gasteiger partial charge >= 0.3 is 5.69 Å². The monoisotopic (exact) mass is 301 g/mol. The largest absolute Gasteiger partial charge is 0.349 e. The standard InChI is InChI=1S/C17H23N3O2/c21-16(18-12-8-5-3-1-2-4-6-9-12)13-10-7-11-14-15(13)20-17(22)19-14/h7,10-12H,1-6,8-9H2,(H,18,21)(H2,19,20,22). The molecule has 2 aromatic rings. The van der Waals surface area contributed by atoms with Gasteiger partial charge in [-0.15, -0.1) is 0 Å². The summed E-state index contributed by atoms with van der Waals surface area (Å²) in [5.74, 6) is -0.0925. The molecule has 3 N–H and O–H groups in total. The van der Waals surface area contributed by atoms with Gasteiger partial charge in [0, 0.05) is 6.04 Å². The van der Waals surface area contributed by atoms with Gasteiger partial charge in [-0.2, -0.15) is 0 Å². The smallest absolute Gasteiger partial charge is 0.323 e. The Kier molecular flexibility index (Phi) is 4.61. The number of hydrogen-bond acceptors (Lipinski definition) is 2. The highest BCUT2D eigenvalue weighted by Gasteiger charge is 2.17. The first kappa shape index (κ1) is 14.9. The normalized spacial score (nSPS) is 17.6. The van der Waals surface area contributed by atoms with Gasteiger partial charge in [0.25, 0.3) is 5.91 Å². The quantitative estimate of drug-likeness (QED) is 0.797. The van der Waals surface area contributed by atoms with Crippen LogP contribution in [0.25, 0.3) is 11.0 Å². The molecule has 118 valence electrons. The first-order chi connectivity index (χ1) is 10.7. The maximum absolute atomic E-state index is 12.6. The molecule has 0 unspecified atom stereocenters. The lowest BCUT2D eigenvalue weighted by Gasteiger charge is -2.18. The van der Waals surface area contributed by atoms with Gasteiger partial charge in [0.05, 0.1) is 16.6 Å². The van der Waals surface area contributed by atoms with E-state index in [0.717, 1.165) is 12.8 Å². The fourth-order valence-electron chi connectivity index (χ4n) is 3.29. The lowest BCUT2D eigenvalue weighted by atomic mass is 10.0. The van der Waals surface area contributed by atoms with Crippen LogP contribution in [-0.2, 0) is 0 Å². The van der Waals surface area contributed by atoms with Crippen molar-refractivity contribution in [2.24, 2.45) is 0 Å². The number of rotatable bonds is 2. The zero-order valence-electron chi connectivity index (χ0n) is 12.8. The summed E-state index contributed by atoms with van der Waals surface area (Å²) in [4.78, 5) is 29.4. The van der Waals surface area contributed by atoms with Crippen molar-refractivity contribution < 1.29 is 4.79 Å². The minimum atomic E-state index is -0.280. The molecule has 5 heteroatoms. The van der Waals surface area contributed by atoms with Crippen LogP contribution in [0.4, 0.5) is 0 Å². The highest BCUT2D eigenvalue weighted by atomic mass is 16.2. The van der Waals surface area contributed by atoms with Gasteiger partial charge in [-0.05, 0) is 25.0 Å². The number of nitrogens with one attached hydrogen (secondary N) is 3. The number of carbonyl (C=O) groups excluding carboxylic acids is 1.